The lowest BCUT2D eigenvalue weighted by atomic mass is 10.0. The van der Waals surface area contributed by atoms with Gasteiger partial charge < -0.3 is 14.2 Å². The van der Waals surface area contributed by atoms with Gasteiger partial charge in [0.25, 0.3) is 0 Å². The molecule has 0 unspecified atom stereocenters. The van der Waals surface area contributed by atoms with Gasteiger partial charge >= 0.3 is 0 Å². The Bertz CT molecular complexity index is 645. The van der Waals surface area contributed by atoms with Crippen LogP contribution in [0.5, 0.6) is 5.75 Å². The Morgan fingerprint density at radius 2 is 1.91 bits per heavy atom. The molecule has 23 heavy (non-hydrogen) atoms. The Kier molecular flexibility index (Phi) is 5.91. The summed E-state index contributed by atoms with van der Waals surface area (Å²) in [5.74, 6) is -0.276. The van der Waals surface area contributed by atoms with Crippen LogP contribution >= 0.6 is 11.6 Å². The van der Waals surface area contributed by atoms with Crippen LogP contribution in [0.3, 0.4) is 0 Å². The summed E-state index contributed by atoms with van der Waals surface area (Å²) in [4.78, 5) is 0.151. The largest absolute Gasteiger partial charge is 0.496 e. The second-order valence-electron chi connectivity index (χ2n) is 5.23. The molecule has 0 aromatic heterocycles. The molecule has 0 atom stereocenters. The lowest BCUT2D eigenvalue weighted by Crippen LogP contribution is -2.51. The predicted octanol–water partition coefficient (Wildman–Crippen LogP) is 2.16. The number of alkyl halides is 1. The van der Waals surface area contributed by atoms with Crippen molar-refractivity contribution < 1.29 is 22.6 Å². The van der Waals surface area contributed by atoms with Crippen molar-refractivity contribution in [2.45, 2.75) is 23.5 Å². The minimum Gasteiger partial charge on any atom is -0.496 e. The fourth-order valence-electron chi connectivity index (χ4n) is 2.81. The van der Waals surface area contributed by atoms with Gasteiger partial charge in [0, 0.05) is 26.6 Å². The van der Waals surface area contributed by atoms with Crippen LogP contribution in [-0.4, -0.2) is 53.0 Å². The highest BCUT2D eigenvalue weighted by Crippen LogP contribution is 2.44. The first kappa shape index (κ1) is 18.5. The Balaban J connectivity index is 2.57. The summed E-state index contributed by atoms with van der Waals surface area (Å²) in [6.07, 6.45) is 1.41. The van der Waals surface area contributed by atoms with Gasteiger partial charge in [-0.1, -0.05) is 6.07 Å². The molecule has 0 fully saturated rings. The Morgan fingerprint density at radius 3 is 2.48 bits per heavy atom. The maximum Gasteiger partial charge on any atom is 0.243 e. The number of benzene rings is 1. The Labute approximate surface area is 142 Å². The van der Waals surface area contributed by atoms with Crippen molar-refractivity contribution >= 4 is 21.6 Å². The van der Waals surface area contributed by atoms with Crippen LogP contribution in [0.15, 0.2) is 23.1 Å². The second kappa shape index (κ2) is 7.36. The average molecular weight is 364 g/mol. The smallest absolute Gasteiger partial charge is 0.243 e. The van der Waals surface area contributed by atoms with Gasteiger partial charge in [-0.2, -0.15) is 4.31 Å². The Hall–Kier alpha value is -0.860. The topological polar surface area (TPSA) is 65.1 Å². The van der Waals surface area contributed by atoms with E-state index in [0.717, 1.165) is 6.42 Å². The van der Waals surface area contributed by atoms with Crippen LogP contribution in [0.2, 0.25) is 0 Å². The number of fused-ring (bicyclic) bond motifs is 1. The number of methoxy groups -OCH3 is 3. The summed E-state index contributed by atoms with van der Waals surface area (Å²) in [6.45, 7) is 0.429. The van der Waals surface area contributed by atoms with Crippen LogP contribution in [0.4, 0.5) is 0 Å². The zero-order valence-corrected chi connectivity index (χ0v) is 15.1. The molecular weight excluding hydrogens is 342 g/mol. The second-order valence-corrected chi connectivity index (χ2v) is 7.51. The van der Waals surface area contributed by atoms with E-state index < -0.39 is 15.8 Å². The van der Waals surface area contributed by atoms with E-state index in [1.54, 1.807) is 18.2 Å². The summed E-state index contributed by atoms with van der Waals surface area (Å²) in [5, 5.41) is 0. The molecule has 1 aromatic carbocycles. The first-order chi connectivity index (χ1) is 11.0. The molecule has 6 nitrogen and oxygen atoms in total. The molecule has 2 rings (SSSR count). The number of halogens is 1. The van der Waals surface area contributed by atoms with Gasteiger partial charge in [-0.15, -0.1) is 11.6 Å². The number of hydrogen-bond acceptors (Lipinski definition) is 5. The molecule has 130 valence electrons. The highest BCUT2D eigenvalue weighted by Gasteiger charge is 2.49. The first-order valence-corrected chi connectivity index (χ1v) is 9.28. The maximum absolute atomic E-state index is 12.9. The van der Waals surface area contributed by atoms with E-state index in [0.29, 0.717) is 30.2 Å². The maximum atomic E-state index is 12.9. The molecule has 0 saturated carbocycles. The number of nitrogens with zero attached hydrogens (tertiary/aromatic N) is 1. The highest BCUT2D eigenvalue weighted by molar-refractivity contribution is 7.89. The van der Waals surface area contributed by atoms with E-state index in [2.05, 4.69) is 0 Å². The third-order valence-corrected chi connectivity index (χ3v) is 6.20. The number of hydrogen-bond donors (Lipinski definition) is 0. The minimum atomic E-state index is -3.64. The molecule has 0 amide bonds. The molecule has 0 saturated heterocycles. The van der Waals surface area contributed by atoms with E-state index in [4.69, 9.17) is 25.8 Å². The fraction of sp³-hybridized carbons (Fsp3) is 0.600. The molecule has 1 aliphatic rings. The van der Waals surface area contributed by atoms with Gasteiger partial charge in [0.05, 0.1) is 24.1 Å². The standard InChI is InChI=1S/C15H22ClNO5S/c1-20-12-7-6-8-13-14(12)15(21-2,22-3)11-17(23(13,18)19)10-5-4-9-16/h6-8H,4-5,9-11H2,1-3H3. The summed E-state index contributed by atoms with van der Waals surface area (Å²) < 4.78 is 43.7. The van der Waals surface area contributed by atoms with Gasteiger partial charge in [0.1, 0.15) is 5.75 Å². The van der Waals surface area contributed by atoms with Gasteiger partial charge in [0.2, 0.25) is 15.8 Å². The summed E-state index contributed by atoms with van der Waals surface area (Å²) in [6, 6.07) is 4.89. The lowest BCUT2D eigenvalue weighted by molar-refractivity contribution is -0.224. The van der Waals surface area contributed by atoms with Crippen molar-refractivity contribution in [2.24, 2.45) is 0 Å². The number of unbranched alkanes of at least 4 members (excludes halogenated alkanes) is 1. The van der Waals surface area contributed by atoms with Crippen LogP contribution in [0.25, 0.3) is 0 Å². The van der Waals surface area contributed by atoms with Gasteiger partial charge in [-0.05, 0) is 25.0 Å². The molecule has 1 aliphatic heterocycles. The van der Waals surface area contributed by atoms with Crippen molar-refractivity contribution in [3.8, 4) is 5.75 Å². The van der Waals surface area contributed by atoms with E-state index in [9.17, 15) is 8.42 Å². The van der Waals surface area contributed by atoms with Crippen molar-refractivity contribution in [3.05, 3.63) is 23.8 Å². The Morgan fingerprint density at radius 1 is 1.22 bits per heavy atom. The molecule has 0 aliphatic carbocycles. The first-order valence-electron chi connectivity index (χ1n) is 7.30. The van der Waals surface area contributed by atoms with Crippen LogP contribution in [0, 0.1) is 0 Å². The molecule has 0 spiro atoms. The zero-order valence-electron chi connectivity index (χ0n) is 13.5. The number of sulfonamides is 1. The van der Waals surface area contributed by atoms with Crippen LogP contribution < -0.4 is 4.74 Å². The quantitative estimate of drug-likeness (QED) is 0.422. The van der Waals surface area contributed by atoms with Crippen molar-refractivity contribution in [3.63, 3.8) is 0 Å². The molecule has 0 N–H and O–H groups in total. The van der Waals surface area contributed by atoms with E-state index in [-0.39, 0.29) is 11.4 Å². The monoisotopic (exact) mass is 363 g/mol. The van der Waals surface area contributed by atoms with Gasteiger partial charge in [0.15, 0.2) is 0 Å². The lowest BCUT2D eigenvalue weighted by Gasteiger charge is -2.41. The molecule has 8 heteroatoms. The SMILES string of the molecule is COc1cccc2c1C(OC)(OC)CN(CCCCCl)S2(=O)=O. The summed E-state index contributed by atoms with van der Waals surface area (Å²) >= 11 is 5.69. The fourth-order valence-corrected chi connectivity index (χ4v) is 4.75. The van der Waals surface area contributed by atoms with E-state index in [1.165, 1.54) is 25.6 Å². The molecule has 1 aromatic rings. The van der Waals surface area contributed by atoms with Gasteiger partial charge in [-0.25, -0.2) is 8.42 Å². The molecule has 0 bridgehead atoms. The van der Waals surface area contributed by atoms with Crippen molar-refractivity contribution in [2.75, 3.05) is 40.3 Å². The third kappa shape index (κ3) is 3.21. The molecule has 1 heterocycles. The zero-order chi connectivity index (χ0) is 17.1. The van der Waals surface area contributed by atoms with E-state index >= 15 is 0 Å². The van der Waals surface area contributed by atoms with Gasteiger partial charge in [-0.3, -0.25) is 0 Å². The van der Waals surface area contributed by atoms with Crippen LogP contribution in [-0.2, 0) is 25.3 Å². The van der Waals surface area contributed by atoms with Crippen LogP contribution in [0.1, 0.15) is 18.4 Å². The third-order valence-electron chi connectivity index (χ3n) is 4.04. The normalized spacial score (nSPS) is 19.3. The summed E-state index contributed by atoms with van der Waals surface area (Å²) in [5.41, 5.74) is 0.404. The number of ether oxygens (including phenoxy) is 3. The predicted molar refractivity (Wildman–Crippen MR) is 87.4 cm³/mol. The minimum absolute atomic E-state index is 0.0675. The van der Waals surface area contributed by atoms with E-state index in [1.807, 2.05) is 0 Å². The summed E-state index contributed by atoms with van der Waals surface area (Å²) in [7, 11) is 0.844. The van der Waals surface area contributed by atoms with Crippen molar-refractivity contribution in [1.29, 1.82) is 0 Å². The molecular formula is C15H22ClNO5S. The highest BCUT2D eigenvalue weighted by atomic mass is 35.5. The average Bonchev–Trinajstić information content (AvgIpc) is 2.57. The molecule has 0 radical (unpaired) electrons. The number of rotatable bonds is 7. The van der Waals surface area contributed by atoms with Crippen molar-refractivity contribution in [1.82, 2.24) is 4.31 Å².